The second kappa shape index (κ2) is 14.3. The van der Waals surface area contributed by atoms with Crippen LogP contribution in [0.25, 0.3) is 16.8 Å². The summed E-state index contributed by atoms with van der Waals surface area (Å²) in [6.45, 7) is 5.04. The number of esters is 1. The number of ether oxygens (including phenoxy) is 4. The lowest BCUT2D eigenvalue weighted by molar-refractivity contribution is -0.136. The second-order valence-corrected chi connectivity index (χ2v) is 13.2. The van der Waals surface area contributed by atoms with E-state index in [9.17, 15) is 9.59 Å². The molecule has 8 nitrogen and oxygen atoms in total. The molecule has 0 saturated heterocycles. The molecule has 0 spiro atoms. The normalized spacial score (nSPS) is 14.3. The Kier molecular flexibility index (Phi) is 9.95. The molecule has 2 heterocycles. The monoisotopic (exact) mass is 776 g/mol. The molecule has 0 bridgehead atoms. The van der Waals surface area contributed by atoms with Gasteiger partial charge in [0, 0.05) is 6.20 Å². The van der Waals surface area contributed by atoms with Crippen molar-refractivity contribution in [1.82, 2.24) is 4.57 Å². The lowest BCUT2D eigenvalue weighted by Gasteiger charge is -2.23. The number of carbonyl (C=O) groups excluding carboxylic acids is 1. The van der Waals surface area contributed by atoms with Gasteiger partial charge in [0.05, 0.1) is 45.4 Å². The molecule has 0 radical (unpaired) electrons. The number of fused-ring (bicyclic) bond motifs is 2. The van der Waals surface area contributed by atoms with Crippen LogP contribution in [-0.4, -0.2) is 30.9 Å². The van der Waals surface area contributed by atoms with Gasteiger partial charge in [-0.1, -0.05) is 59.9 Å². The van der Waals surface area contributed by atoms with Crippen LogP contribution in [0.5, 0.6) is 17.2 Å². The molecule has 1 aliphatic rings. The lowest BCUT2D eigenvalue weighted by Crippen LogP contribution is -2.39. The van der Waals surface area contributed by atoms with E-state index < -0.39 is 12.0 Å². The molecular formula is C36H30Br2N2O6S. The fourth-order valence-electron chi connectivity index (χ4n) is 5.51. The van der Waals surface area contributed by atoms with Crippen molar-refractivity contribution in [3.8, 4) is 17.2 Å². The maximum Gasteiger partial charge on any atom is 0.337 e. The highest BCUT2D eigenvalue weighted by molar-refractivity contribution is 9.11. The van der Waals surface area contributed by atoms with Crippen LogP contribution in [0.1, 0.15) is 36.6 Å². The number of hydrogen-bond acceptors (Lipinski definition) is 8. The summed E-state index contributed by atoms with van der Waals surface area (Å²) >= 11 is 8.57. The van der Waals surface area contributed by atoms with Gasteiger partial charge in [-0.05, 0) is 104 Å². The van der Waals surface area contributed by atoms with Crippen molar-refractivity contribution in [3.05, 3.63) is 130 Å². The van der Waals surface area contributed by atoms with Crippen molar-refractivity contribution < 1.29 is 23.7 Å². The van der Waals surface area contributed by atoms with E-state index in [4.69, 9.17) is 18.9 Å². The van der Waals surface area contributed by atoms with Gasteiger partial charge >= 0.3 is 5.97 Å². The Hall–Kier alpha value is -4.19. The minimum Gasteiger partial charge on any atom is -0.490 e. The first-order chi connectivity index (χ1) is 22.8. The molecule has 0 amide bonds. The third-order valence-corrected chi connectivity index (χ3v) is 9.75. The summed E-state index contributed by atoms with van der Waals surface area (Å²) in [6, 6.07) is 22.8. The summed E-state index contributed by atoms with van der Waals surface area (Å²) in [7, 11) is 1.31. The fourth-order valence-corrected chi connectivity index (χ4v) is 7.93. The Labute approximate surface area is 291 Å². The second-order valence-electron chi connectivity index (χ2n) is 10.5. The van der Waals surface area contributed by atoms with E-state index in [1.165, 1.54) is 29.2 Å². The standard InChI is InChI=1S/C36H30Br2N2O6S/c1-4-44-29-14-13-23(18-30(29)45-5-2)32-26(35(42)43-3)19-39-36-40(32)34(41)31(47-36)17-21-15-27(37)33(28(38)16-21)46-20-24-11-8-10-22-9-6-7-12-25(22)24/h6-19,32H,4-5,20H2,1-3H3/b31-17-/t32-/m0/s1. The van der Waals surface area contributed by atoms with Gasteiger partial charge in [0.25, 0.3) is 5.56 Å². The van der Waals surface area contributed by atoms with Crippen LogP contribution in [0.4, 0.5) is 0 Å². The third kappa shape index (κ3) is 6.65. The lowest BCUT2D eigenvalue weighted by atomic mass is 9.97. The predicted octanol–water partition coefficient (Wildman–Crippen LogP) is 7.07. The van der Waals surface area contributed by atoms with Gasteiger partial charge in [-0.15, -0.1) is 0 Å². The maximum atomic E-state index is 14.0. The van der Waals surface area contributed by atoms with Gasteiger partial charge in [0.2, 0.25) is 0 Å². The van der Waals surface area contributed by atoms with E-state index in [1.54, 1.807) is 18.2 Å². The van der Waals surface area contributed by atoms with Gasteiger partial charge in [-0.2, -0.15) is 0 Å². The van der Waals surface area contributed by atoms with Crippen molar-refractivity contribution in [2.45, 2.75) is 26.5 Å². The fraction of sp³-hybridized carbons (Fsp3) is 0.194. The SMILES string of the molecule is CCOc1ccc([C@H]2C(C(=O)OC)=CN=c3s/c(=C\c4cc(Br)c(OCc5cccc6ccccc56)c(Br)c4)c(=O)n32)cc1OCC. The third-order valence-electron chi connectivity index (χ3n) is 7.58. The Morgan fingerprint density at radius 3 is 2.40 bits per heavy atom. The molecule has 4 aromatic carbocycles. The smallest absolute Gasteiger partial charge is 0.337 e. The van der Waals surface area contributed by atoms with E-state index in [1.807, 2.05) is 50.2 Å². The van der Waals surface area contributed by atoms with Gasteiger partial charge in [0.15, 0.2) is 16.3 Å². The molecule has 0 fully saturated rings. The molecule has 0 unspecified atom stereocenters. The summed E-state index contributed by atoms with van der Waals surface area (Å²) in [5.41, 5.74) is 2.46. The minimum absolute atomic E-state index is 0.233. The van der Waals surface area contributed by atoms with Crippen LogP contribution in [0.2, 0.25) is 0 Å². The predicted molar refractivity (Wildman–Crippen MR) is 190 cm³/mol. The molecule has 0 aliphatic carbocycles. The summed E-state index contributed by atoms with van der Waals surface area (Å²) in [6.07, 6.45) is 3.27. The molecule has 47 heavy (non-hydrogen) atoms. The number of hydrogen-bond donors (Lipinski definition) is 0. The summed E-state index contributed by atoms with van der Waals surface area (Å²) < 4.78 is 26.4. The molecule has 1 atom stereocenters. The number of aromatic nitrogens is 1. The molecule has 240 valence electrons. The average molecular weight is 779 g/mol. The highest BCUT2D eigenvalue weighted by atomic mass is 79.9. The highest BCUT2D eigenvalue weighted by Gasteiger charge is 2.31. The molecule has 1 aliphatic heterocycles. The Bertz CT molecular complexity index is 2180. The first-order valence-electron chi connectivity index (χ1n) is 14.9. The van der Waals surface area contributed by atoms with Crippen molar-refractivity contribution in [3.63, 3.8) is 0 Å². The van der Waals surface area contributed by atoms with Crippen molar-refractivity contribution in [1.29, 1.82) is 0 Å². The Morgan fingerprint density at radius 1 is 0.936 bits per heavy atom. The van der Waals surface area contributed by atoms with Crippen LogP contribution in [0.15, 0.2) is 103 Å². The molecular weight excluding hydrogens is 748 g/mol. The zero-order valence-electron chi connectivity index (χ0n) is 25.8. The van der Waals surface area contributed by atoms with Gasteiger partial charge in [-0.25, -0.2) is 9.79 Å². The highest BCUT2D eigenvalue weighted by Crippen LogP contribution is 2.37. The number of carbonyl (C=O) groups is 1. The topological polar surface area (TPSA) is 88.4 Å². The summed E-state index contributed by atoms with van der Waals surface area (Å²) in [5.74, 6) is 1.18. The Morgan fingerprint density at radius 2 is 1.66 bits per heavy atom. The number of benzene rings is 4. The molecule has 5 aromatic rings. The van der Waals surface area contributed by atoms with Crippen LogP contribution < -0.4 is 29.1 Å². The number of halogens is 2. The molecule has 0 N–H and O–H groups in total. The van der Waals surface area contributed by atoms with Crippen molar-refractivity contribution in [2.75, 3.05) is 20.3 Å². The number of rotatable bonds is 10. The number of thiazole rings is 1. The first-order valence-corrected chi connectivity index (χ1v) is 17.3. The zero-order valence-corrected chi connectivity index (χ0v) is 29.8. The van der Waals surface area contributed by atoms with Crippen LogP contribution in [0.3, 0.4) is 0 Å². The van der Waals surface area contributed by atoms with E-state index in [-0.39, 0.29) is 11.1 Å². The largest absolute Gasteiger partial charge is 0.490 e. The number of methoxy groups -OCH3 is 1. The van der Waals surface area contributed by atoms with Gasteiger partial charge in [0.1, 0.15) is 12.4 Å². The molecule has 6 rings (SSSR count). The quantitative estimate of drug-likeness (QED) is 0.141. The minimum atomic E-state index is -0.779. The van der Waals surface area contributed by atoms with Crippen molar-refractivity contribution in [2.24, 2.45) is 4.99 Å². The zero-order chi connectivity index (χ0) is 33.1. The van der Waals surface area contributed by atoms with Crippen LogP contribution in [-0.2, 0) is 16.1 Å². The van der Waals surface area contributed by atoms with E-state index in [0.29, 0.717) is 52.0 Å². The maximum absolute atomic E-state index is 14.0. The van der Waals surface area contributed by atoms with Crippen LogP contribution >= 0.6 is 43.2 Å². The Balaban J connectivity index is 1.36. The van der Waals surface area contributed by atoms with Crippen LogP contribution in [0, 0.1) is 0 Å². The average Bonchev–Trinajstić information content (AvgIpc) is 3.39. The van der Waals surface area contributed by atoms with E-state index in [2.05, 4.69) is 61.1 Å². The number of nitrogens with zero attached hydrogens (tertiary/aromatic N) is 2. The van der Waals surface area contributed by atoms with Gasteiger partial charge < -0.3 is 18.9 Å². The molecule has 0 saturated carbocycles. The summed E-state index contributed by atoms with van der Waals surface area (Å²) in [5, 5.41) is 2.30. The van der Waals surface area contributed by atoms with Crippen molar-refractivity contribution >= 4 is 66.0 Å². The molecule has 1 aromatic heterocycles. The van der Waals surface area contributed by atoms with E-state index >= 15 is 0 Å². The van der Waals surface area contributed by atoms with E-state index in [0.717, 1.165) is 30.8 Å². The van der Waals surface area contributed by atoms with Gasteiger partial charge in [-0.3, -0.25) is 9.36 Å². The molecule has 11 heteroatoms. The first kappa shape index (κ1) is 32.7. The summed E-state index contributed by atoms with van der Waals surface area (Å²) in [4.78, 5) is 31.9.